The topological polar surface area (TPSA) is 48.2 Å². The molecule has 1 aromatic rings. The van der Waals surface area contributed by atoms with Crippen molar-refractivity contribution in [1.29, 1.82) is 5.26 Å². The van der Waals surface area contributed by atoms with Gasteiger partial charge in [-0.05, 0) is 24.0 Å². The average molecular weight is 213 g/mol. The highest BCUT2D eigenvalue weighted by atomic mass is 15.0. The Morgan fingerprint density at radius 2 is 2.38 bits per heavy atom. The number of rotatable bonds is 2. The van der Waals surface area contributed by atoms with Crippen LogP contribution in [0.2, 0.25) is 0 Å². The molecule has 0 radical (unpaired) electrons. The summed E-state index contributed by atoms with van der Waals surface area (Å²) in [4.78, 5) is 4.61. The lowest BCUT2D eigenvalue weighted by Gasteiger charge is -2.08. The molecular weight excluding hydrogens is 198 g/mol. The Balaban J connectivity index is 2.22. The van der Waals surface area contributed by atoms with Crippen molar-refractivity contribution in [3.63, 3.8) is 0 Å². The molecule has 3 heteroatoms. The highest BCUT2D eigenvalue weighted by Gasteiger charge is 2.21. The summed E-state index contributed by atoms with van der Waals surface area (Å²) in [6, 6.07) is 8.64. The summed E-state index contributed by atoms with van der Waals surface area (Å²) in [6.07, 6.45) is 4.85. The Kier molecular flexibility index (Phi) is 3.21. The van der Waals surface area contributed by atoms with Crippen LogP contribution in [0.3, 0.4) is 0 Å². The van der Waals surface area contributed by atoms with E-state index < -0.39 is 0 Å². The number of aliphatic imine (C=N–C) groups is 1. The first-order valence-corrected chi connectivity index (χ1v) is 5.64. The number of hydrogen-bond donors (Lipinski definition) is 1. The normalized spacial score (nSPS) is 19.0. The van der Waals surface area contributed by atoms with Gasteiger partial charge in [0.1, 0.15) is 5.84 Å². The maximum atomic E-state index is 8.60. The Labute approximate surface area is 95.8 Å². The van der Waals surface area contributed by atoms with Gasteiger partial charge in [0.05, 0.1) is 6.04 Å². The number of nitrogens with zero attached hydrogens (tertiary/aromatic N) is 2. The van der Waals surface area contributed by atoms with Gasteiger partial charge < -0.3 is 0 Å². The van der Waals surface area contributed by atoms with E-state index in [0.29, 0.717) is 0 Å². The minimum Gasteiger partial charge on any atom is -0.281 e. The number of nitrogens with one attached hydrogen (secondary N) is 1. The fraction of sp³-hybridized carbons (Fsp3) is 0.385. The molecule has 0 amide bonds. The number of fused-ring (bicyclic) bond motifs is 1. The largest absolute Gasteiger partial charge is 0.281 e. The molecule has 1 N–H and O–H groups in total. The Morgan fingerprint density at radius 3 is 3.12 bits per heavy atom. The molecule has 0 unspecified atom stereocenters. The summed E-state index contributed by atoms with van der Waals surface area (Å²) in [5, 5.41) is 11.2. The SMILES string of the molecule is CCC(=N[C@H]1CCc2ccccc21)NC#N. The minimum absolute atomic E-state index is 0.229. The van der Waals surface area contributed by atoms with Gasteiger partial charge in [-0.15, -0.1) is 0 Å². The van der Waals surface area contributed by atoms with Crippen LogP contribution in [0, 0.1) is 11.5 Å². The zero-order valence-corrected chi connectivity index (χ0v) is 9.40. The van der Waals surface area contributed by atoms with E-state index in [1.807, 2.05) is 13.1 Å². The first kappa shape index (κ1) is 10.7. The van der Waals surface area contributed by atoms with E-state index in [1.165, 1.54) is 11.1 Å². The van der Waals surface area contributed by atoms with Crippen LogP contribution in [0.5, 0.6) is 0 Å². The highest BCUT2D eigenvalue weighted by molar-refractivity contribution is 5.83. The van der Waals surface area contributed by atoms with Crippen LogP contribution >= 0.6 is 0 Å². The third-order valence-electron chi connectivity index (χ3n) is 2.95. The fourth-order valence-corrected chi connectivity index (χ4v) is 2.13. The van der Waals surface area contributed by atoms with E-state index in [4.69, 9.17) is 5.26 Å². The van der Waals surface area contributed by atoms with Gasteiger partial charge in [0.2, 0.25) is 0 Å². The van der Waals surface area contributed by atoms with Gasteiger partial charge in [0, 0.05) is 6.42 Å². The molecule has 0 aromatic heterocycles. The molecule has 0 aliphatic heterocycles. The predicted octanol–water partition coefficient (Wildman–Crippen LogP) is 2.55. The number of aryl methyl sites for hydroxylation is 1. The number of nitriles is 1. The van der Waals surface area contributed by atoms with E-state index >= 15 is 0 Å². The summed E-state index contributed by atoms with van der Waals surface area (Å²) in [5.41, 5.74) is 2.71. The van der Waals surface area contributed by atoms with E-state index in [1.54, 1.807) is 0 Å². The third kappa shape index (κ3) is 2.06. The molecule has 1 aromatic carbocycles. The summed E-state index contributed by atoms with van der Waals surface area (Å²) < 4.78 is 0. The van der Waals surface area contributed by atoms with Gasteiger partial charge in [-0.25, -0.2) is 0 Å². The van der Waals surface area contributed by atoms with Crippen molar-refractivity contribution in [2.24, 2.45) is 4.99 Å². The smallest absolute Gasteiger partial charge is 0.182 e. The van der Waals surface area contributed by atoms with E-state index in [0.717, 1.165) is 25.1 Å². The molecule has 0 saturated heterocycles. The van der Waals surface area contributed by atoms with E-state index in [9.17, 15) is 0 Å². The number of benzene rings is 1. The molecule has 1 aliphatic carbocycles. The molecule has 1 atom stereocenters. The lowest BCUT2D eigenvalue weighted by Crippen LogP contribution is -2.17. The predicted molar refractivity (Wildman–Crippen MR) is 64.0 cm³/mol. The minimum atomic E-state index is 0.229. The third-order valence-corrected chi connectivity index (χ3v) is 2.95. The molecule has 82 valence electrons. The van der Waals surface area contributed by atoms with Crippen molar-refractivity contribution < 1.29 is 0 Å². The average Bonchev–Trinajstić information content (AvgIpc) is 2.72. The van der Waals surface area contributed by atoms with Crippen molar-refractivity contribution in [3.8, 4) is 6.19 Å². The highest BCUT2D eigenvalue weighted by Crippen LogP contribution is 2.33. The van der Waals surface area contributed by atoms with Crippen molar-refractivity contribution in [3.05, 3.63) is 35.4 Å². The first-order chi connectivity index (χ1) is 7.85. The molecule has 3 nitrogen and oxygen atoms in total. The van der Waals surface area contributed by atoms with Crippen molar-refractivity contribution >= 4 is 5.84 Å². The molecule has 0 spiro atoms. The molecule has 0 bridgehead atoms. The standard InChI is InChI=1S/C13H15N3/c1-2-13(15-9-14)16-12-8-7-10-5-3-4-6-11(10)12/h3-6,12H,2,7-8H2,1H3,(H,15,16)/t12-/m0/s1. The van der Waals surface area contributed by atoms with Gasteiger partial charge in [-0.1, -0.05) is 31.2 Å². The molecule has 0 saturated carbocycles. The second kappa shape index (κ2) is 4.80. The zero-order chi connectivity index (χ0) is 11.4. The summed E-state index contributed by atoms with van der Waals surface area (Å²) in [6.45, 7) is 2.00. The lowest BCUT2D eigenvalue weighted by atomic mass is 10.1. The van der Waals surface area contributed by atoms with Gasteiger partial charge in [-0.3, -0.25) is 10.3 Å². The molecule has 2 rings (SSSR count). The van der Waals surface area contributed by atoms with Gasteiger partial charge in [0.25, 0.3) is 0 Å². The van der Waals surface area contributed by atoms with Crippen LogP contribution in [0.25, 0.3) is 0 Å². The number of hydrogen-bond acceptors (Lipinski definition) is 2. The van der Waals surface area contributed by atoms with E-state index in [-0.39, 0.29) is 6.04 Å². The second-order valence-electron chi connectivity index (χ2n) is 3.92. The van der Waals surface area contributed by atoms with Crippen LogP contribution in [-0.2, 0) is 6.42 Å². The Morgan fingerprint density at radius 1 is 1.56 bits per heavy atom. The molecule has 16 heavy (non-hydrogen) atoms. The van der Waals surface area contributed by atoms with Gasteiger partial charge >= 0.3 is 0 Å². The maximum Gasteiger partial charge on any atom is 0.182 e. The molecular formula is C13H15N3. The molecule has 1 aliphatic rings. The van der Waals surface area contributed by atoms with Gasteiger partial charge in [-0.2, -0.15) is 5.26 Å². The Bertz CT molecular complexity index is 443. The molecule has 0 heterocycles. The zero-order valence-electron chi connectivity index (χ0n) is 9.40. The summed E-state index contributed by atoms with van der Waals surface area (Å²) in [5.74, 6) is 0.782. The van der Waals surface area contributed by atoms with Crippen LogP contribution in [0.15, 0.2) is 29.3 Å². The Hall–Kier alpha value is -1.82. The quantitative estimate of drug-likeness (QED) is 0.355. The number of amidine groups is 1. The van der Waals surface area contributed by atoms with E-state index in [2.05, 4.69) is 34.6 Å². The first-order valence-electron chi connectivity index (χ1n) is 5.64. The van der Waals surface area contributed by atoms with Crippen LogP contribution < -0.4 is 5.32 Å². The van der Waals surface area contributed by atoms with Crippen LogP contribution in [0.1, 0.15) is 36.9 Å². The maximum absolute atomic E-state index is 8.60. The van der Waals surface area contributed by atoms with Crippen molar-refractivity contribution in [2.45, 2.75) is 32.2 Å². The fourth-order valence-electron chi connectivity index (χ4n) is 2.13. The monoisotopic (exact) mass is 213 g/mol. The van der Waals surface area contributed by atoms with Crippen molar-refractivity contribution in [1.82, 2.24) is 5.32 Å². The second-order valence-corrected chi connectivity index (χ2v) is 3.92. The summed E-state index contributed by atoms with van der Waals surface area (Å²) >= 11 is 0. The molecule has 0 fully saturated rings. The van der Waals surface area contributed by atoms with Crippen LogP contribution in [-0.4, -0.2) is 5.84 Å². The lowest BCUT2D eigenvalue weighted by molar-refractivity contribution is 0.709. The van der Waals surface area contributed by atoms with Crippen molar-refractivity contribution in [2.75, 3.05) is 0 Å². The van der Waals surface area contributed by atoms with Crippen LogP contribution in [0.4, 0.5) is 0 Å². The van der Waals surface area contributed by atoms with Gasteiger partial charge in [0.15, 0.2) is 6.19 Å². The summed E-state index contributed by atoms with van der Waals surface area (Å²) in [7, 11) is 0.